The summed E-state index contributed by atoms with van der Waals surface area (Å²) in [5, 5.41) is 6.23. The van der Waals surface area contributed by atoms with Crippen LogP contribution in [-0.4, -0.2) is 7.11 Å². The molecule has 26 heavy (non-hydrogen) atoms. The van der Waals surface area contributed by atoms with E-state index in [1.54, 1.807) is 18.4 Å². The summed E-state index contributed by atoms with van der Waals surface area (Å²) in [6.07, 6.45) is 0. The number of nitrogens with one attached hydrogen (secondary N) is 1. The summed E-state index contributed by atoms with van der Waals surface area (Å²) in [6, 6.07) is 15.9. The van der Waals surface area contributed by atoms with Crippen molar-refractivity contribution in [3.05, 3.63) is 79.4 Å². The highest BCUT2D eigenvalue weighted by molar-refractivity contribution is 9.10. The van der Waals surface area contributed by atoms with Gasteiger partial charge in [0.05, 0.1) is 11.6 Å². The maximum Gasteiger partial charge on any atom is 0.175 e. The Labute approximate surface area is 171 Å². The second-order valence-corrected chi connectivity index (χ2v) is 8.03. The number of benzene rings is 2. The molecule has 6 heteroatoms. The monoisotopic (exact) mass is 451 g/mol. The predicted octanol–water partition coefficient (Wildman–Crippen LogP) is 6.04. The molecule has 0 fully saturated rings. The van der Waals surface area contributed by atoms with Gasteiger partial charge in [-0.1, -0.05) is 29.8 Å². The molecule has 0 unspecified atom stereocenters. The van der Waals surface area contributed by atoms with E-state index < -0.39 is 0 Å². The maximum absolute atomic E-state index is 6.03. The number of hydrogen-bond donors (Lipinski definition) is 1. The Bertz CT molecular complexity index is 855. The molecule has 0 aliphatic heterocycles. The summed E-state index contributed by atoms with van der Waals surface area (Å²) in [4.78, 5) is 1.32. The van der Waals surface area contributed by atoms with Crippen LogP contribution in [-0.2, 0) is 19.7 Å². The van der Waals surface area contributed by atoms with Gasteiger partial charge in [-0.25, -0.2) is 0 Å². The molecule has 0 radical (unpaired) electrons. The maximum atomic E-state index is 6.03. The SMILES string of the molecule is COc1cc(CNCc2cccs2)cc(Br)c1OCc1cccc(Cl)c1. The third kappa shape index (κ3) is 5.24. The minimum Gasteiger partial charge on any atom is -0.493 e. The second-order valence-electron chi connectivity index (χ2n) is 5.71. The molecule has 0 spiro atoms. The largest absolute Gasteiger partial charge is 0.493 e. The highest BCUT2D eigenvalue weighted by atomic mass is 79.9. The Morgan fingerprint density at radius 3 is 2.69 bits per heavy atom. The Kier molecular flexibility index (Phi) is 6.97. The zero-order chi connectivity index (χ0) is 18.4. The van der Waals surface area contributed by atoms with Crippen LogP contribution in [0.4, 0.5) is 0 Å². The van der Waals surface area contributed by atoms with Crippen molar-refractivity contribution in [1.82, 2.24) is 5.32 Å². The molecule has 136 valence electrons. The average Bonchev–Trinajstić information content (AvgIpc) is 3.14. The van der Waals surface area contributed by atoms with Crippen LogP contribution < -0.4 is 14.8 Å². The first-order valence-electron chi connectivity index (χ1n) is 8.12. The highest BCUT2D eigenvalue weighted by Gasteiger charge is 2.12. The zero-order valence-corrected chi connectivity index (χ0v) is 17.5. The summed E-state index contributed by atoms with van der Waals surface area (Å²) < 4.78 is 12.4. The highest BCUT2D eigenvalue weighted by Crippen LogP contribution is 2.37. The van der Waals surface area contributed by atoms with Crippen LogP contribution in [0.1, 0.15) is 16.0 Å². The van der Waals surface area contributed by atoms with Crippen molar-refractivity contribution in [2.24, 2.45) is 0 Å². The lowest BCUT2D eigenvalue weighted by molar-refractivity contribution is 0.282. The van der Waals surface area contributed by atoms with E-state index in [0.29, 0.717) is 23.1 Å². The molecule has 3 aromatic rings. The molecule has 1 heterocycles. The first-order valence-corrected chi connectivity index (χ1v) is 10.2. The van der Waals surface area contributed by atoms with Crippen molar-refractivity contribution in [3.63, 3.8) is 0 Å². The van der Waals surface area contributed by atoms with Crippen molar-refractivity contribution < 1.29 is 9.47 Å². The molecule has 0 bridgehead atoms. The Morgan fingerprint density at radius 2 is 1.96 bits per heavy atom. The van der Waals surface area contributed by atoms with Gasteiger partial charge in [0.15, 0.2) is 11.5 Å². The lowest BCUT2D eigenvalue weighted by Crippen LogP contribution is -2.12. The number of thiophene rings is 1. The normalized spacial score (nSPS) is 10.7. The lowest BCUT2D eigenvalue weighted by Gasteiger charge is -2.15. The van der Waals surface area contributed by atoms with E-state index in [9.17, 15) is 0 Å². The van der Waals surface area contributed by atoms with Gasteiger partial charge in [0, 0.05) is 23.0 Å². The van der Waals surface area contributed by atoms with Crippen LogP contribution in [0.5, 0.6) is 11.5 Å². The van der Waals surface area contributed by atoms with Gasteiger partial charge in [-0.2, -0.15) is 0 Å². The first-order chi connectivity index (χ1) is 12.7. The summed E-state index contributed by atoms with van der Waals surface area (Å²) in [5.41, 5.74) is 2.13. The fourth-order valence-electron chi connectivity index (χ4n) is 2.54. The van der Waals surface area contributed by atoms with Gasteiger partial charge in [0.2, 0.25) is 0 Å². The number of ether oxygens (including phenoxy) is 2. The van der Waals surface area contributed by atoms with Gasteiger partial charge < -0.3 is 14.8 Å². The Morgan fingerprint density at radius 1 is 1.08 bits per heavy atom. The van der Waals surface area contributed by atoms with Gasteiger partial charge in [0.1, 0.15) is 6.61 Å². The molecule has 0 atom stereocenters. The number of halogens is 2. The van der Waals surface area contributed by atoms with Crippen LogP contribution in [0, 0.1) is 0 Å². The molecular formula is C20H19BrClNO2S. The second kappa shape index (κ2) is 9.42. The van der Waals surface area contributed by atoms with E-state index in [1.165, 1.54) is 4.88 Å². The summed E-state index contributed by atoms with van der Waals surface area (Å²) in [5.74, 6) is 1.39. The van der Waals surface area contributed by atoms with E-state index in [4.69, 9.17) is 21.1 Å². The fraction of sp³-hybridized carbons (Fsp3) is 0.200. The van der Waals surface area contributed by atoms with Crippen LogP contribution in [0.15, 0.2) is 58.4 Å². The van der Waals surface area contributed by atoms with Crippen molar-refractivity contribution in [2.75, 3.05) is 7.11 Å². The zero-order valence-electron chi connectivity index (χ0n) is 14.3. The van der Waals surface area contributed by atoms with Crippen molar-refractivity contribution in [3.8, 4) is 11.5 Å². The quantitative estimate of drug-likeness (QED) is 0.452. The summed E-state index contributed by atoms with van der Waals surface area (Å²) in [6.45, 7) is 2.03. The van der Waals surface area contributed by atoms with Gasteiger partial charge in [-0.05, 0) is 62.8 Å². The number of hydrogen-bond acceptors (Lipinski definition) is 4. The van der Waals surface area contributed by atoms with Crippen molar-refractivity contribution in [1.29, 1.82) is 0 Å². The molecule has 3 nitrogen and oxygen atoms in total. The van der Waals surface area contributed by atoms with E-state index in [1.807, 2.05) is 30.3 Å². The van der Waals surface area contributed by atoms with E-state index in [0.717, 1.165) is 28.7 Å². The molecule has 0 saturated carbocycles. The van der Waals surface area contributed by atoms with Crippen molar-refractivity contribution in [2.45, 2.75) is 19.7 Å². The lowest BCUT2D eigenvalue weighted by atomic mass is 10.2. The van der Waals surface area contributed by atoms with Crippen LogP contribution >= 0.6 is 38.9 Å². The summed E-state index contributed by atoms with van der Waals surface area (Å²) in [7, 11) is 1.65. The predicted molar refractivity (Wildman–Crippen MR) is 111 cm³/mol. The minimum atomic E-state index is 0.422. The fourth-order valence-corrected chi connectivity index (χ4v) is 4.03. The Balaban J connectivity index is 1.66. The third-order valence-electron chi connectivity index (χ3n) is 3.77. The topological polar surface area (TPSA) is 30.5 Å². The van der Waals surface area contributed by atoms with Crippen LogP contribution in [0.2, 0.25) is 5.02 Å². The smallest absolute Gasteiger partial charge is 0.175 e. The average molecular weight is 453 g/mol. The van der Waals surface area contributed by atoms with Gasteiger partial charge >= 0.3 is 0 Å². The minimum absolute atomic E-state index is 0.422. The van der Waals surface area contributed by atoms with E-state index in [-0.39, 0.29) is 0 Å². The van der Waals surface area contributed by atoms with Gasteiger partial charge in [-0.15, -0.1) is 11.3 Å². The number of rotatable bonds is 8. The van der Waals surface area contributed by atoms with E-state index >= 15 is 0 Å². The third-order valence-corrected chi connectivity index (χ3v) is 5.47. The van der Waals surface area contributed by atoms with Crippen LogP contribution in [0.25, 0.3) is 0 Å². The Hall–Kier alpha value is -1.53. The molecule has 0 aliphatic rings. The number of methoxy groups -OCH3 is 1. The molecule has 2 aromatic carbocycles. The molecule has 0 aliphatic carbocycles. The van der Waals surface area contributed by atoms with Crippen LogP contribution in [0.3, 0.4) is 0 Å². The molecular weight excluding hydrogens is 434 g/mol. The van der Waals surface area contributed by atoms with Crippen molar-refractivity contribution >= 4 is 38.9 Å². The molecule has 0 amide bonds. The molecule has 1 N–H and O–H groups in total. The van der Waals surface area contributed by atoms with E-state index in [2.05, 4.69) is 44.8 Å². The first kappa shape index (κ1) is 19.2. The van der Waals surface area contributed by atoms with Gasteiger partial charge in [-0.3, -0.25) is 0 Å². The standard InChI is InChI=1S/C20H19BrClNO2S/c1-24-19-10-15(11-23-12-17-6-3-7-26-17)9-18(21)20(19)25-13-14-4-2-5-16(22)8-14/h2-10,23H,11-13H2,1H3. The molecule has 1 aromatic heterocycles. The van der Waals surface area contributed by atoms with Gasteiger partial charge in [0.25, 0.3) is 0 Å². The summed E-state index contributed by atoms with van der Waals surface area (Å²) >= 11 is 11.4. The molecule has 0 saturated heterocycles. The molecule has 3 rings (SSSR count).